The zero-order valence-corrected chi connectivity index (χ0v) is 9.23. The fourth-order valence-corrected chi connectivity index (χ4v) is 3.79. The van der Waals surface area contributed by atoms with Crippen LogP contribution in [0.1, 0.15) is 64.2 Å². The molecule has 1 N–H and O–H groups in total. The Hall–Kier alpha value is -0.0400. The second-order valence-electron chi connectivity index (χ2n) is 5.81. The van der Waals surface area contributed by atoms with Crippen molar-refractivity contribution in [1.82, 2.24) is 5.32 Å². The lowest BCUT2D eigenvalue weighted by atomic mass is 9.70. The van der Waals surface area contributed by atoms with Crippen molar-refractivity contribution in [3.63, 3.8) is 0 Å². The molecular formula is C13H23N. The molecule has 1 heteroatoms. The lowest BCUT2D eigenvalue weighted by Gasteiger charge is -2.39. The summed E-state index contributed by atoms with van der Waals surface area (Å²) in [4.78, 5) is 0. The van der Waals surface area contributed by atoms with Crippen molar-refractivity contribution in [2.24, 2.45) is 5.41 Å². The Balaban J connectivity index is 1.68. The molecule has 0 aliphatic heterocycles. The van der Waals surface area contributed by atoms with Gasteiger partial charge in [0.25, 0.3) is 0 Å². The van der Waals surface area contributed by atoms with Crippen LogP contribution in [0, 0.1) is 5.41 Å². The molecule has 0 saturated heterocycles. The summed E-state index contributed by atoms with van der Waals surface area (Å²) >= 11 is 0. The van der Waals surface area contributed by atoms with Crippen molar-refractivity contribution in [1.29, 1.82) is 0 Å². The molecule has 0 amide bonds. The summed E-state index contributed by atoms with van der Waals surface area (Å²) in [7, 11) is 0. The van der Waals surface area contributed by atoms with Gasteiger partial charge >= 0.3 is 0 Å². The average molecular weight is 193 g/mol. The summed E-state index contributed by atoms with van der Waals surface area (Å²) in [5, 5.41) is 3.91. The van der Waals surface area contributed by atoms with Crippen LogP contribution < -0.4 is 5.32 Å². The molecule has 1 nitrogen and oxygen atoms in total. The summed E-state index contributed by atoms with van der Waals surface area (Å²) < 4.78 is 0. The number of nitrogens with one attached hydrogen (secondary N) is 1. The highest BCUT2D eigenvalue weighted by Crippen LogP contribution is 2.49. The molecule has 0 radical (unpaired) electrons. The first-order valence-electron chi connectivity index (χ1n) is 6.65. The van der Waals surface area contributed by atoms with E-state index in [1.54, 1.807) is 0 Å². The predicted octanol–water partition coefficient (Wildman–Crippen LogP) is 3.24. The van der Waals surface area contributed by atoms with E-state index in [0.717, 1.165) is 17.5 Å². The van der Waals surface area contributed by atoms with Crippen LogP contribution in [0.3, 0.4) is 0 Å². The van der Waals surface area contributed by atoms with Crippen LogP contribution in [0.2, 0.25) is 0 Å². The molecule has 80 valence electrons. The van der Waals surface area contributed by atoms with E-state index >= 15 is 0 Å². The summed E-state index contributed by atoms with van der Waals surface area (Å²) in [5.74, 6) is 0. The van der Waals surface area contributed by atoms with Gasteiger partial charge in [0.05, 0.1) is 0 Å². The first-order chi connectivity index (χ1) is 6.89. The second kappa shape index (κ2) is 3.52. The van der Waals surface area contributed by atoms with Gasteiger partial charge in [-0.25, -0.2) is 0 Å². The SMILES string of the molecule is C1CCC2(CC1)CCCC2NC1CC1. The fraction of sp³-hybridized carbons (Fsp3) is 1.00. The van der Waals surface area contributed by atoms with E-state index in [-0.39, 0.29) is 0 Å². The van der Waals surface area contributed by atoms with E-state index in [2.05, 4.69) is 5.32 Å². The third kappa shape index (κ3) is 1.60. The predicted molar refractivity (Wildman–Crippen MR) is 59.3 cm³/mol. The smallest absolute Gasteiger partial charge is 0.0126 e. The maximum atomic E-state index is 3.91. The highest BCUT2D eigenvalue weighted by atomic mass is 15.0. The average Bonchev–Trinajstić information content (AvgIpc) is 2.95. The van der Waals surface area contributed by atoms with E-state index < -0.39 is 0 Å². The summed E-state index contributed by atoms with van der Waals surface area (Å²) in [5.41, 5.74) is 0.751. The van der Waals surface area contributed by atoms with Crippen molar-refractivity contribution >= 4 is 0 Å². The molecular weight excluding hydrogens is 170 g/mol. The van der Waals surface area contributed by atoms with Gasteiger partial charge in [-0.05, 0) is 43.9 Å². The molecule has 1 atom stereocenters. The normalized spacial score (nSPS) is 36.4. The molecule has 3 rings (SSSR count). The second-order valence-corrected chi connectivity index (χ2v) is 5.81. The molecule has 14 heavy (non-hydrogen) atoms. The Bertz CT molecular complexity index is 201. The fourth-order valence-electron chi connectivity index (χ4n) is 3.79. The summed E-state index contributed by atoms with van der Waals surface area (Å²) in [6, 6.07) is 1.81. The first kappa shape index (κ1) is 9.21. The molecule has 0 aromatic carbocycles. The molecule has 3 fully saturated rings. The third-order valence-corrected chi connectivity index (χ3v) is 4.77. The van der Waals surface area contributed by atoms with Gasteiger partial charge < -0.3 is 5.32 Å². The van der Waals surface area contributed by atoms with Gasteiger partial charge in [-0.15, -0.1) is 0 Å². The van der Waals surface area contributed by atoms with E-state index in [9.17, 15) is 0 Å². The largest absolute Gasteiger partial charge is 0.311 e. The van der Waals surface area contributed by atoms with Gasteiger partial charge in [-0.2, -0.15) is 0 Å². The highest BCUT2D eigenvalue weighted by molar-refractivity contribution is 5.00. The van der Waals surface area contributed by atoms with Gasteiger partial charge in [-0.3, -0.25) is 0 Å². The maximum Gasteiger partial charge on any atom is 0.0126 e. The molecule has 3 saturated carbocycles. The first-order valence-corrected chi connectivity index (χ1v) is 6.65. The van der Waals surface area contributed by atoms with E-state index in [1.165, 1.54) is 64.2 Å². The minimum Gasteiger partial charge on any atom is -0.311 e. The van der Waals surface area contributed by atoms with Gasteiger partial charge in [0, 0.05) is 12.1 Å². The zero-order valence-electron chi connectivity index (χ0n) is 9.23. The molecule has 0 bridgehead atoms. The minimum absolute atomic E-state index is 0.751. The minimum atomic E-state index is 0.751. The third-order valence-electron chi connectivity index (χ3n) is 4.77. The van der Waals surface area contributed by atoms with Crippen molar-refractivity contribution in [2.45, 2.75) is 76.3 Å². The number of hydrogen-bond acceptors (Lipinski definition) is 1. The molecule has 1 unspecified atom stereocenters. The molecule has 0 aromatic rings. The monoisotopic (exact) mass is 193 g/mol. The highest BCUT2D eigenvalue weighted by Gasteiger charge is 2.44. The Labute approximate surface area is 87.7 Å². The van der Waals surface area contributed by atoms with Crippen LogP contribution in [-0.4, -0.2) is 12.1 Å². The van der Waals surface area contributed by atoms with Crippen LogP contribution in [0.25, 0.3) is 0 Å². The molecule has 3 aliphatic carbocycles. The van der Waals surface area contributed by atoms with E-state index in [4.69, 9.17) is 0 Å². The van der Waals surface area contributed by atoms with Gasteiger partial charge in [0.15, 0.2) is 0 Å². The van der Waals surface area contributed by atoms with Crippen molar-refractivity contribution in [3.8, 4) is 0 Å². The lowest BCUT2D eigenvalue weighted by molar-refractivity contribution is 0.148. The van der Waals surface area contributed by atoms with Crippen LogP contribution in [-0.2, 0) is 0 Å². The maximum absolute atomic E-state index is 3.91. The Morgan fingerprint density at radius 1 is 0.786 bits per heavy atom. The quantitative estimate of drug-likeness (QED) is 0.710. The van der Waals surface area contributed by atoms with Crippen LogP contribution in [0.4, 0.5) is 0 Å². The Kier molecular flexibility index (Phi) is 2.31. The van der Waals surface area contributed by atoms with Gasteiger partial charge in [0.1, 0.15) is 0 Å². The number of hydrogen-bond donors (Lipinski definition) is 1. The summed E-state index contributed by atoms with van der Waals surface area (Å²) in [6.07, 6.45) is 14.9. The zero-order chi connectivity index (χ0) is 9.43. The van der Waals surface area contributed by atoms with E-state index in [1.807, 2.05) is 0 Å². The van der Waals surface area contributed by atoms with Gasteiger partial charge in [0.2, 0.25) is 0 Å². The molecule has 0 aromatic heterocycles. The van der Waals surface area contributed by atoms with Crippen molar-refractivity contribution < 1.29 is 0 Å². The lowest BCUT2D eigenvalue weighted by Crippen LogP contribution is -2.43. The Morgan fingerprint density at radius 2 is 1.50 bits per heavy atom. The molecule has 0 heterocycles. The van der Waals surface area contributed by atoms with Crippen LogP contribution >= 0.6 is 0 Å². The van der Waals surface area contributed by atoms with Crippen LogP contribution in [0.5, 0.6) is 0 Å². The standard InChI is InChI=1S/C13H23N/c1-2-8-13(9-3-1)10-4-5-12(13)14-11-6-7-11/h11-12,14H,1-10H2. The molecule has 1 spiro atoms. The van der Waals surface area contributed by atoms with Crippen molar-refractivity contribution in [3.05, 3.63) is 0 Å². The molecule has 3 aliphatic rings. The topological polar surface area (TPSA) is 12.0 Å². The summed E-state index contributed by atoms with van der Waals surface area (Å²) in [6.45, 7) is 0. The Morgan fingerprint density at radius 3 is 2.21 bits per heavy atom. The van der Waals surface area contributed by atoms with Crippen molar-refractivity contribution in [2.75, 3.05) is 0 Å². The number of rotatable bonds is 2. The van der Waals surface area contributed by atoms with Crippen LogP contribution in [0.15, 0.2) is 0 Å². The van der Waals surface area contributed by atoms with E-state index in [0.29, 0.717) is 0 Å². The van der Waals surface area contributed by atoms with Gasteiger partial charge in [-0.1, -0.05) is 25.7 Å².